The highest BCUT2D eigenvalue weighted by Gasteiger charge is 2.21. The van der Waals surface area contributed by atoms with E-state index in [1.807, 2.05) is 0 Å². The van der Waals surface area contributed by atoms with Crippen LogP contribution in [0, 0.1) is 5.92 Å². The lowest BCUT2D eigenvalue weighted by Gasteiger charge is -2.34. The van der Waals surface area contributed by atoms with E-state index in [4.69, 9.17) is 16.3 Å². The summed E-state index contributed by atoms with van der Waals surface area (Å²) in [7, 11) is 2.22. The van der Waals surface area contributed by atoms with Crippen molar-refractivity contribution in [2.45, 2.75) is 38.6 Å². The van der Waals surface area contributed by atoms with Gasteiger partial charge in [0.25, 0.3) is 0 Å². The summed E-state index contributed by atoms with van der Waals surface area (Å²) in [5.74, 6) is 1.50. The van der Waals surface area contributed by atoms with Crippen LogP contribution in [0.1, 0.15) is 32.6 Å². The van der Waals surface area contributed by atoms with E-state index < -0.39 is 0 Å². The van der Waals surface area contributed by atoms with Gasteiger partial charge in [-0.1, -0.05) is 19.8 Å². The smallest absolute Gasteiger partial charge is 0.0602 e. The second kappa shape index (κ2) is 7.48. The number of ether oxygens (including phenoxy) is 1. The fraction of sp³-hybridized carbons (Fsp3) is 1.00. The van der Waals surface area contributed by atoms with Crippen molar-refractivity contribution in [3.63, 3.8) is 0 Å². The molecule has 1 aliphatic carbocycles. The Hall–Kier alpha value is 0.210. The fourth-order valence-corrected chi connectivity index (χ4v) is 2.46. The minimum Gasteiger partial charge on any atom is -0.379 e. The Balaban J connectivity index is 2.12. The summed E-state index contributed by atoms with van der Waals surface area (Å²) in [5.41, 5.74) is 0. The van der Waals surface area contributed by atoms with Crippen molar-refractivity contribution in [2.24, 2.45) is 5.92 Å². The van der Waals surface area contributed by atoms with Gasteiger partial charge in [0.15, 0.2) is 0 Å². The molecule has 0 radical (unpaired) electrons. The third-order valence-electron chi connectivity index (χ3n) is 3.34. The molecule has 15 heavy (non-hydrogen) atoms. The zero-order valence-corrected chi connectivity index (χ0v) is 10.8. The highest BCUT2D eigenvalue weighted by atomic mass is 35.5. The summed E-state index contributed by atoms with van der Waals surface area (Å²) in [6.07, 6.45) is 5.51. The molecule has 0 aromatic heterocycles. The highest BCUT2D eigenvalue weighted by Crippen LogP contribution is 2.26. The number of hydrogen-bond donors (Lipinski definition) is 0. The van der Waals surface area contributed by atoms with Crippen LogP contribution in [0.2, 0.25) is 0 Å². The van der Waals surface area contributed by atoms with Crippen LogP contribution in [0.3, 0.4) is 0 Å². The van der Waals surface area contributed by atoms with E-state index in [2.05, 4.69) is 18.9 Å². The predicted octanol–water partition coefficient (Wildman–Crippen LogP) is 2.75. The third kappa shape index (κ3) is 5.19. The Kier molecular flexibility index (Phi) is 6.62. The molecule has 0 amide bonds. The van der Waals surface area contributed by atoms with Crippen molar-refractivity contribution >= 4 is 11.6 Å². The summed E-state index contributed by atoms with van der Waals surface area (Å²) in [6.45, 7) is 4.89. The van der Waals surface area contributed by atoms with Gasteiger partial charge in [0.2, 0.25) is 0 Å². The van der Waals surface area contributed by atoms with Gasteiger partial charge in [-0.05, 0) is 25.8 Å². The first-order valence-corrected chi connectivity index (χ1v) is 6.61. The minimum atomic E-state index is 0.601. The molecule has 0 saturated heterocycles. The molecule has 1 aliphatic rings. The number of alkyl halides is 1. The number of nitrogens with zero attached hydrogens (tertiary/aromatic N) is 1. The van der Waals surface area contributed by atoms with E-state index in [9.17, 15) is 0 Å². The summed E-state index contributed by atoms with van der Waals surface area (Å²) < 4.78 is 5.40. The summed E-state index contributed by atoms with van der Waals surface area (Å²) in [5, 5.41) is 0. The lowest BCUT2D eigenvalue weighted by molar-refractivity contribution is 0.0914. The van der Waals surface area contributed by atoms with Gasteiger partial charge < -0.3 is 9.64 Å². The molecule has 1 fully saturated rings. The monoisotopic (exact) mass is 233 g/mol. The first-order valence-electron chi connectivity index (χ1n) is 6.08. The van der Waals surface area contributed by atoms with Gasteiger partial charge in [-0.15, -0.1) is 11.6 Å². The topological polar surface area (TPSA) is 12.5 Å². The van der Waals surface area contributed by atoms with E-state index in [1.165, 1.54) is 25.7 Å². The van der Waals surface area contributed by atoms with Crippen molar-refractivity contribution in [1.82, 2.24) is 4.90 Å². The van der Waals surface area contributed by atoms with Crippen molar-refractivity contribution < 1.29 is 4.74 Å². The summed E-state index contributed by atoms with van der Waals surface area (Å²) >= 11 is 5.55. The largest absolute Gasteiger partial charge is 0.379 e. The Morgan fingerprint density at radius 2 is 2.13 bits per heavy atom. The van der Waals surface area contributed by atoms with Gasteiger partial charge >= 0.3 is 0 Å². The molecule has 0 aromatic carbocycles. The van der Waals surface area contributed by atoms with E-state index in [1.54, 1.807) is 0 Å². The van der Waals surface area contributed by atoms with E-state index in [0.29, 0.717) is 12.5 Å². The van der Waals surface area contributed by atoms with Gasteiger partial charge in [0, 0.05) is 18.5 Å². The Labute approximate surface area is 98.9 Å². The molecular formula is C12H24ClNO. The SMILES string of the molecule is CC1CCCC(N(C)CCOCCCl)C1. The Morgan fingerprint density at radius 3 is 2.80 bits per heavy atom. The standard InChI is InChI=1S/C12H24ClNO/c1-11-4-3-5-12(10-11)14(2)7-9-15-8-6-13/h11-12H,3-10H2,1-2H3. The summed E-state index contributed by atoms with van der Waals surface area (Å²) in [6, 6.07) is 0.772. The average Bonchev–Trinajstić information content (AvgIpc) is 2.24. The van der Waals surface area contributed by atoms with Gasteiger partial charge in [0.1, 0.15) is 0 Å². The molecule has 0 aromatic rings. The Morgan fingerprint density at radius 1 is 1.33 bits per heavy atom. The van der Waals surface area contributed by atoms with Crippen LogP contribution >= 0.6 is 11.6 Å². The number of rotatable bonds is 6. The average molecular weight is 234 g/mol. The van der Waals surface area contributed by atoms with Crippen LogP contribution in [0.25, 0.3) is 0 Å². The van der Waals surface area contributed by atoms with Crippen LogP contribution in [0.5, 0.6) is 0 Å². The maximum atomic E-state index is 5.55. The molecular weight excluding hydrogens is 210 g/mol. The molecule has 0 heterocycles. The maximum Gasteiger partial charge on any atom is 0.0602 e. The maximum absolute atomic E-state index is 5.55. The molecule has 0 aliphatic heterocycles. The lowest BCUT2D eigenvalue weighted by Crippen LogP contribution is -2.37. The van der Waals surface area contributed by atoms with Crippen molar-refractivity contribution in [2.75, 3.05) is 32.7 Å². The number of halogens is 1. The van der Waals surface area contributed by atoms with Crippen LogP contribution in [0.15, 0.2) is 0 Å². The normalized spacial score (nSPS) is 27.2. The quantitative estimate of drug-likeness (QED) is 0.517. The second-order valence-corrected chi connectivity index (χ2v) is 5.09. The van der Waals surface area contributed by atoms with Gasteiger partial charge in [-0.25, -0.2) is 0 Å². The van der Waals surface area contributed by atoms with E-state index in [-0.39, 0.29) is 0 Å². The van der Waals surface area contributed by atoms with Gasteiger partial charge in [-0.2, -0.15) is 0 Å². The summed E-state index contributed by atoms with van der Waals surface area (Å²) in [4.78, 5) is 2.45. The second-order valence-electron chi connectivity index (χ2n) is 4.71. The molecule has 1 saturated carbocycles. The highest BCUT2D eigenvalue weighted by molar-refractivity contribution is 6.17. The first-order chi connectivity index (χ1) is 7.24. The molecule has 2 nitrogen and oxygen atoms in total. The van der Waals surface area contributed by atoms with Crippen molar-refractivity contribution in [1.29, 1.82) is 0 Å². The van der Waals surface area contributed by atoms with Gasteiger partial charge in [0.05, 0.1) is 13.2 Å². The van der Waals surface area contributed by atoms with Crippen LogP contribution in [0.4, 0.5) is 0 Å². The molecule has 90 valence electrons. The number of hydrogen-bond acceptors (Lipinski definition) is 2. The lowest BCUT2D eigenvalue weighted by atomic mass is 9.86. The molecule has 1 rings (SSSR count). The molecule has 2 unspecified atom stereocenters. The minimum absolute atomic E-state index is 0.601. The number of likely N-dealkylation sites (N-methyl/N-ethyl adjacent to an activating group) is 1. The third-order valence-corrected chi connectivity index (χ3v) is 3.50. The van der Waals surface area contributed by atoms with Crippen molar-refractivity contribution in [3.8, 4) is 0 Å². The van der Waals surface area contributed by atoms with Crippen LogP contribution < -0.4 is 0 Å². The van der Waals surface area contributed by atoms with Crippen molar-refractivity contribution in [3.05, 3.63) is 0 Å². The van der Waals surface area contributed by atoms with Crippen LogP contribution in [-0.2, 0) is 4.74 Å². The zero-order valence-electron chi connectivity index (χ0n) is 10.0. The van der Waals surface area contributed by atoms with E-state index >= 15 is 0 Å². The molecule has 0 spiro atoms. The zero-order chi connectivity index (χ0) is 11.1. The van der Waals surface area contributed by atoms with Gasteiger partial charge in [-0.3, -0.25) is 0 Å². The van der Waals surface area contributed by atoms with E-state index in [0.717, 1.165) is 25.1 Å². The first kappa shape index (κ1) is 13.3. The predicted molar refractivity (Wildman–Crippen MR) is 65.6 cm³/mol. The molecule has 3 heteroatoms. The Bertz CT molecular complexity index is 166. The fourth-order valence-electron chi connectivity index (χ4n) is 2.35. The molecule has 2 atom stereocenters. The van der Waals surface area contributed by atoms with Crippen LogP contribution in [-0.4, -0.2) is 43.6 Å². The molecule has 0 bridgehead atoms. The molecule has 0 N–H and O–H groups in total.